The molecular weight excluding hydrogens is 300 g/mol. The van der Waals surface area contributed by atoms with Crippen LogP contribution < -0.4 is 5.32 Å². The number of aryl methyl sites for hydroxylation is 2. The van der Waals surface area contributed by atoms with Crippen LogP contribution in [0.5, 0.6) is 0 Å². The Hall–Kier alpha value is -2.49. The molecule has 0 radical (unpaired) electrons. The van der Waals surface area contributed by atoms with Crippen LogP contribution in [-0.4, -0.2) is 16.7 Å². The number of pyridine rings is 1. The van der Waals surface area contributed by atoms with Crippen molar-refractivity contribution < 1.29 is 9.59 Å². The Balaban J connectivity index is 1.51. The summed E-state index contributed by atoms with van der Waals surface area (Å²) < 4.78 is 0. The molecule has 1 aliphatic carbocycles. The predicted molar refractivity (Wildman–Crippen MR) is 92.8 cm³/mol. The first-order chi connectivity index (χ1) is 11.6. The molecule has 1 aliphatic rings. The molecule has 0 saturated heterocycles. The molecule has 1 heterocycles. The van der Waals surface area contributed by atoms with Crippen LogP contribution in [0, 0.1) is 0 Å². The fourth-order valence-corrected chi connectivity index (χ4v) is 3.14. The third-order valence-corrected chi connectivity index (χ3v) is 4.51. The highest BCUT2D eigenvalue weighted by molar-refractivity contribution is 5.98. The van der Waals surface area contributed by atoms with Crippen LogP contribution in [0.4, 0.5) is 0 Å². The van der Waals surface area contributed by atoms with Crippen LogP contribution in [0.25, 0.3) is 0 Å². The third kappa shape index (κ3) is 3.88. The van der Waals surface area contributed by atoms with Gasteiger partial charge in [0.15, 0.2) is 5.78 Å². The normalized spacial score (nSPS) is 14.0. The number of benzene rings is 1. The summed E-state index contributed by atoms with van der Waals surface area (Å²) in [6.07, 6.45) is 5.47. The molecule has 0 spiro atoms. The van der Waals surface area contributed by atoms with E-state index in [1.165, 1.54) is 17.5 Å². The maximum absolute atomic E-state index is 12.3. The predicted octanol–water partition coefficient (Wildman–Crippen LogP) is 3.41. The number of Topliss-reactive ketones (excluding diaryl/α,β-unsaturated/α-hetero) is 1. The number of carbonyl (C=O) groups is 2. The number of hydrogen-bond donors (Lipinski definition) is 1. The standard InChI is InChI=1S/C20H22N2O2/c1-14(18-7-2-3-12-21-18)22-20(24)11-10-19(23)17-9-8-15-5-4-6-16(15)13-17/h2-3,7-9,12-14H,4-6,10-11H2,1H3,(H,22,24). The zero-order valence-corrected chi connectivity index (χ0v) is 13.9. The highest BCUT2D eigenvalue weighted by Gasteiger charge is 2.16. The average molecular weight is 322 g/mol. The fraction of sp³-hybridized carbons (Fsp3) is 0.350. The van der Waals surface area contributed by atoms with Crippen molar-refractivity contribution in [1.29, 1.82) is 0 Å². The molecule has 4 nitrogen and oxygen atoms in total. The Morgan fingerprint density at radius 1 is 1.12 bits per heavy atom. The second-order valence-corrected chi connectivity index (χ2v) is 6.30. The molecule has 0 saturated carbocycles. The summed E-state index contributed by atoms with van der Waals surface area (Å²) in [6, 6.07) is 11.4. The third-order valence-electron chi connectivity index (χ3n) is 4.51. The van der Waals surface area contributed by atoms with Gasteiger partial charge < -0.3 is 5.32 Å². The smallest absolute Gasteiger partial charge is 0.220 e. The second-order valence-electron chi connectivity index (χ2n) is 6.30. The molecule has 4 heteroatoms. The van der Waals surface area contributed by atoms with Crippen molar-refractivity contribution >= 4 is 11.7 Å². The number of amides is 1. The van der Waals surface area contributed by atoms with Crippen LogP contribution in [0.15, 0.2) is 42.6 Å². The number of hydrogen-bond acceptors (Lipinski definition) is 3. The molecule has 124 valence electrons. The van der Waals surface area contributed by atoms with Crippen molar-refractivity contribution in [3.63, 3.8) is 0 Å². The molecule has 1 aromatic carbocycles. The summed E-state index contributed by atoms with van der Waals surface area (Å²) in [7, 11) is 0. The molecule has 1 atom stereocenters. The summed E-state index contributed by atoms with van der Waals surface area (Å²) in [5, 5.41) is 2.89. The summed E-state index contributed by atoms with van der Waals surface area (Å²) in [5.74, 6) is -0.0898. The number of ketones is 1. The first-order valence-electron chi connectivity index (χ1n) is 8.49. The molecule has 3 rings (SSSR count). The second kappa shape index (κ2) is 7.39. The maximum Gasteiger partial charge on any atom is 0.220 e. The Morgan fingerprint density at radius 3 is 2.75 bits per heavy atom. The average Bonchev–Trinajstić information content (AvgIpc) is 3.08. The van der Waals surface area contributed by atoms with E-state index < -0.39 is 0 Å². The van der Waals surface area contributed by atoms with Gasteiger partial charge in [-0.25, -0.2) is 0 Å². The van der Waals surface area contributed by atoms with Crippen LogP contribution in [0.1, 0.15) is 59.4 Å². The number of nitrogens with one attached hydrogen (secondary N) is 1. The highest BCUT2D eigenvalue weighted by Crippen LogP contribution is 2.23. The van der Waals surface area contributed by atoms with E-state index in [0.29, 0.717) is 0 Å². The number of nitrogens with zero attached hydrogens (tertiary/aromatic N) is 1. The Bertz CT molecular complexity index is 741. The van der Waals surface area contributed by atoms with Crippen molar-refractivity contribution in [2.75, 3.05) is 0 Å². The van der Waals surface area contributed by atoms with E-state index in [4.69, 9.17) is 0 Å². The van der Waals surface area contributed by atoms with Crippen LogP contribution in [-0.2, 0) is 17.6 Å². The molecule has 24 heavy (non-hydrogen) atoms. The van der Waals surface area contributed by atoms with E-state index in [-0.39, 0.29) is 30.6 Å². The van der Waals surface area contributed by atoms with E-state index in [1.54, 1.807) is 6.20 Å². The minimum atomic E-state index is -0.159. The van der Waals surface area contributed by atoms with Crippen LogP contribution >= 0.6 is 0 Å². The number of carbonyl (C=O) groups excluding carboxylic acids is 2. The Labute approximate surface area is 142 Å². The first kappa shape index (κ1) is 16.4. The van der Waals surface area contributed by atoms with Gasteiger partial charge in [0.05, 0.1) is 11.7 Å². The van der Waals surface area contributed by atoms with Gasteiger partial charge in [-0.1, -0.05) is 18.2 Å². The lowest BCUT2D eigenvalue weighted by molar-refractivity contribution is -0.121. The fourth-order valence-electron chi connectivity index (χ4n) is 3.14. The van der Waals surface area contributed by atoms with Crippen molar-refractivity contribution in [3.05, 3.63) is 65.0 Å². The lowest BCUT2D eigenvalue weighted by Crippen LogP contribution is -2.27. The van der Waals surface area contributed by atoms with Crippen molar-refractivity contribution in [3.8, 4) is 0 Å². The van der Waals surface area contributed by atoms with E-state index in [2.05, 4.69) is 16.4 Å². The van der Waals surface area contributed by atoms with Crippen molar-refractivity contribution in [2.24, 2.45) is 0 Å². The van der Waals surface area contributed by atoms with Gasteiger partial charge in [-0.2, -0.15) is 0 Å². The summed E-state index contributed by atoms with van der Waals surface area (Å²) in [6.45, 7) is 1.89. The molecule has 0 aliphatic heterocycles. The van der Waals surface area contributed by atoms with Crippen molar-refractivity contribution in [1.82, 2.24) is 10.3 Å². The quantitative estimate of drug-likeness (QED) is 0.829. The SMILES string of the molecule is CC(NC(=O)CCC(=O)c1ccc2c(c1)CCC2)c1ccccn1. The number of aromatic nitrogens is 1. The van der Waals surface area contributed by atoms with E-state index in [0.717, 1.165) is 24.1 Å². The van der Waals surface area contributed by atoms with Crippen LogP contribution in [0.3, 0.4) is 0 Å². The van der Waals surface area contributed by atoms with Gasteiger partial charge in [0, 0.05) is 24.6 Å². The number of fused-ring (bicyclic) bond motifs is 1. The topological polar surface area (TPSA) is 59.1 Å². The van der Waals surface area contributed by atoms with Gasteiger partial charge in [-0.15, -0.1) is 0 Å². The molecule has 1 amide bonds. The molecule has 1 unspecified atom stereocenters. The van der Waals surface area contributed by atoms with Gasteiger partial charge in [0.1, 0.15) is 0 Å². The van der Waals surface area contributed by atoms with E-state index in [9.17, 15) is 9.59 Å². The summed E-state index contributed by atoms with van der Waals surface area (Å²) >= 11 is 0. The van der Waals surface area contributed by atoms with Gasteiger partial charge >= 0.3 is 0 Å². The zero-order valence-electron chi connectivity index (χ0n) is 13.9. The highest BCUT2D eigenvalue weighted by atomic mass is 16.2. The molecule has 1 aromatic heterocycles. The minimum Gasteiger partial charge on any atom is -0.348 e. The maximum atomic E-state index is 12.3. The Morgan fingerprint density at radius 2 is 1.96 bits per heavy atom. The van der Waals surface area contributed by atoms with Gasteiger partial charge in [-0.3, -0.25) is 14.6 Å². The van der Waals surface area contributed by atoms with Gasteiger partial charge in [-0.05, 0) is 55.5 Å². The van der Waals surface area contributed by atoms with E-state index >= 15 is 0 Å². The molecular formula is C20H22N2O2. The minimum absolute atomic E-state index is 0.0327. The summed E-state index contributed by atoms with van der Waals surface area (Å²) in [5.41, 5.74) is 4.18. The Kier molecular flexibility index (Phi) is 5.04. The molecule has 0 bridgehead atoms. The van der Waals surface area contributed by atoms with Gasteiger partial charge in [0.25, 0.3) is 0 Å². The van der Waals surface area contributed by atoms with E-state index in [1.807, 2.05) is 37.3 Å². The van der Waals surface area contributed by atoms with Crippen LogP contribution in [0.2, 0.25) is 0 Å². The summed E-state index contributed by atoms with van der Waals surface area (Å²) in [4.78, 5) is 28.6. The lowest BCUT2D eigenvalue weighted by atomic mass is 10.0. The van der Waals surface area contributed by atoms with Crippen molar-refractivity contribution in [2.45, 2.75) is 45.1 Å². The first-order valence-corrected chi connectivity index (χ1v) is 8.49. The van der Waals surface area contributed by atoms with Gasteiger partial charge in [0.2, 0.25) is 5.91 Å². The monoisotopic (exact) mass is 322 g/mol. The lowest BCUT2D eigenvalue weighted by Gasteiger charge is -2.13. The molecule has 1 N–H and O–H groups in total. The zero-order chi connectivity index (χ0) is 16.9. The molecule has 2 aromatic rings. The number of rotatable bonds is 6. The largest absolute Gasteiger partial charge is 0.348 e. The molecule has 0 fully saturated rings.